The van der Waals surface area contributed by atoms with Gasteiger partial charge in [-0.15, -0.1) is 11.3 Å². The molecule has 1 fully saturated rings. The molecule has 0 aliphatic heterocycles. The van der Waals surface area contributed by atoms with Crippen molar-refractivity contribution in [1.29, 1.82) is 0 Å². The maximum absolute atomic E-state index is 5.93. The molecule has 0 saturated heterocycles. The van der Waals surface area contributed by atoms with Crippen molar-refractivity contribution in [2.45, 2.75) is 25.4 Å². The zero-order valence-electron chi connectivity index (χ0n) is 11.1. The summed E-state index contributed by atoms with van der Waals surface area (Å²) in [4.78, 5) is 9.63. The summed E-state index contributed by atoms with van der Waals surface area (Å²) in [5.41, 5.74) is 1.05. The number of aromatic nitrogens is 3. The summed E-state index contributed by atoms with van der Waals surface area (Å²) in [5.74, 6) is 1.33. The van der Waals surface area contributed by atoms with Crippen LogP contribution in [-0.4, -0.2) is 20.4 Å². The average molecular weight is 365 g/mol. The second-order valence-corrected chi connectivity index (χ2v) is 6.80. The Hall–Kier alpha value is -1.44. The highest BCUT2D eigenvalue weighted by atomic mass is 79.9. The third-order valence-corrected chi connectivity index (χ3v) is 4.54. The van der Waals surface area contributed by atoms with Crippen LogP contribution in [0.4, 0.5) is 0 Å². The number of rotatable bonds is 5. The van der Waals surface area contributed by atoms with Gasteiger partial charge >= 0.3 is 0 Å². The standard InChI is InChI=1S/C14H13BrN4OS/c15-9-5-11(7-16-6-9)20-13-12(8-17-10-1-2-10)19-3-4-21-14(19)18-13/h3-7,10,17H,1-2,8H2. The Morgan fingerprint density at radius 2 is 2.33 bits per heavy atom. The van der Waals surface area contributed by atoms with E-state index in [1.54, 1.807) is 23.7 Å². The maximum Gasteiger partial charge on any atom is 0.243 e. The van der Waals surface area contributed by atoms with Crippen LogP contribution in [0.2, 0.25) is 0 Å². The van der Waals surface area contributed by atoms with Crippen LogP contribution >= 0.6 is 27.3 Å². The highest BCUT2D eigenvalue weighted by molar-refractivity contribution is 9.10. The number of thiazole rings is 1. The van der Waals surface area contributed by atoms with Gasteiger partial charge in [-0.25, -0.2) is 0 Å². The minimum atomic E-state index is 0.648. The lowest BCUT2D eigenvalue weighted by molar-refractivity contribution is 0.453. The second-order valence-electron chi connectivity index (χ2n) is 5.02. The van der Waals surface area contributed by atoms with E-state index in [9.17, 15) is 0 Å². The number of imidazole rings is 1. The van der Waals surface area contributed by atoms with Crippen molar-refractivity contribution in [3.63, 3.8) is 0 Å². The molecule has 0 spiro atoms. The molecule has 0 amide bonds. The van der Waals surface area contributed by atoms with E-state index in [0.717, 1.165) is 21.7 Å². The predicted octanol–water partition coefficient (Wildman–Crippen LogP) is 3.60. The quantitative estimate of drug-likeness (QED) is 0.751. The molecular formula is C14H13BrN4OS. The second kappa shape index (κ2) is 5.40. The lowest BCUT2D eigenvalue weighted by Gasteiger charge is -2.07. The summed E-state index contributed by atoms with van der Waals surface area (Å²) in [6.07, 6.45) is 7.97. The van der Waals surface area contributed by atoms with Gasteiger partial charge in [0.15, 0.2) is 4.96 Å². The molecule has 3 heterocycles. The fourth-order valence-electron chi connectivity index (χ4n) is 2.14. The largest absolute Gasteiger partial charge is 0.436 e. The van der Waals surface area contributed by atoms with Gasteiger partial charge in [-0.3, -0.25) is 9.38 Å². The summed E-state index contributed by atoms with van der Waals surface area (Å²) < 4.78 is 8.90. The Morgan fingerprint density at radius 1 is 1.43 bits per heavy atom. The molecule has 21 heavy (non-hydrogen) atoms. The van der Waals surface area contributed by atoms with Gasteiger partial charge in [0, 0.05) is 34.8 Å². The summed E-state index contributed by atoms with van der Waals surface area (Å²) in [6, 6.07) is 2.54. The van der Waals surface area contributed by atoms with Gasteiger partial charge < -0.3 is 10.1 Å². The van der Waals surface area contributed by atoms with E-state index in [4.69, 9.17) is 4.74 Å². The van der Waals surface area contributed by atoms with Crippen molar-refractivity contribution < 1.29 is 4.74 Å². The molecule has 0 aromatic carbocycles. The third kappa shape index (κ3) is 2.81. The topological polar surface area (TPSA) is 51.5 Å². The smallest absolute Gasteiger partial charge is 0.243 e. The number of nitrogens with one attached hydrogen (secondary N) is 1. The van der Waals surface area contributed by atoms with Crippen molar-refractivity contribution in [2.24, 2.45) is 0 Å². The zero-order valence-corrected chi connectivity index (χ0v) is 13.5. The SMILES string of the molecule is Brc1cncc(Oc2nc3sccn3c2CNC2CC2)c1. The van der Waals surface area contributed by atoms with Crippen molar-refractivity contribution in [2.75, 3.05) is 0 Å². The van der Waals surface area contributed by atoms with Gasteiger partial charge in [-0.2, -0.15) is 4.98 Å². The number of hydrogen-bond acceptors (Lipinski definition) is 5. The molecule has 3 aromatic rings. The molecule has 4 rings (SSSR count). The lowest BCUT2D eigenvalue weighted by Crippen LogP contribution is -2.16. The van der Waals surface area contributed by atoms with E-state index in [2.05, 4.69) is 35.6 Å². The number of halogens is 1. The normalized spacial score (nSPS) is 14.7. The molecular weight excluding hydrogens is 352 g/mol. The number of pyridine rings is 1. The lowest BCUT2D eigenvalue weighted by atomic mass is 10.4. The molecule has 0 atom stereocenters. The first-order chi connectivity index (χ1) is 10.3. The van der Waals surface area contributed by atoms with Gasteiger partial charge in [0.2, 0.25) is 5.88 Å². The van der Waals surface area contributed by atoms with E-state index in [1.807, 2.05) is 17.6 Å². The fraction of sp³-hybridized carbons (Fsp3) is 0.286. The number of hydrogen-bond donors (Lipinski definition) is 1. The maximum atomic E-state index is 5.93. The van der Waals surface area contributed by atoms with Crippen LogP contribution in [0.1, 0.15) is 18.5 Å². The van der Waals surface area contributed by atoms with Crippen LogP contribution in [0.25, 0.3) is 4.96 Å². The molecule has 0 radical (unpaired) electrons. The number of nitrogens with zero attached hydrogens (tertiary/aromatic N) is 3. The summed E-state index contributed by atoms with van der Waals surface area (Å²) >= 11 is 5.01. The molecule has 0 unspecified atom stereocenters. The van der Waals surface area contributed by atoms with Crippen molar-refractivity contribution in [3.8, 4) is 11.6 Å². The minimum absolute atomic E-state index is 0.648. The van der Waals surface area contributed by atoms with Gasteiger partial charge in [0.25, 0.3) is 0 Å². The molecule has 1 aliphatic rings. The van der Waals surface area contributed by atoms with Crippen molar-refractivity contribution in [3.05, 3.63) is 40.2 Å². The molecule has 1 aliphatic carbocycles. The number of fused-ring (bicyclic) bond motifs is 1. The molecule has 5 nitrogen and oxygen atoms in total. The highest BCUT2D eigenvalue weighted by Crippen LogP contribution is 2.29. The first-order valence-electron chi connectivity index (χ1n) is 6.76. The highest BCUT2D eigenvalue weighted by Gasteiger charge is 2.23. The third-order valence-electron chi connectivity index (χ3n) is 3.35. The van der Waals surface area contributed by atoms with Gasteiger partial charge in [0.05, 0.1) is 6.20 Å². The molecule has 1 N–H and O–H groups in total. The van der Waals surface area contributed by atoms with Crippen LogP contribution in [0.5, 0.6) is 11.6 Å². The zero-order chi connectivity index (χ0) is 14.2. The van der Waals surface area contributed by atoms with Crippen LogP contribution in [-0.2, 0) is 6.54 Å². The summed E-state index contributed by atoms with van der Waals surface area (Å²) in [5, 5.41) is 5.55. The summed E-state index contributed by atoms with van der Waals surface area (Å²) in [7, 11) is 0. The molecule has 1 saturated carbocycles. The Kier molecular flexibility index (Phi) is 3.40. The van der Waals surface area contributed by atoms with E-state index in [1.165, 1.54) is 12.8 Å². The Balaban J connectivity index is 1.65. The fourth-order valence-corrected chi connectivity index (χ4v) is 3.21. The van der Waals surface area contributed by atoms with Crippen LogP contribution < -0.4 is 10.1 Å². The molecule has 108 valence electrons. The van der Waals surface area contributed by atoms with Crippen LogP contribution in [0.3, 0.4) is 0 Å². The van der Waals surface area contributed by atoms with Crippen molar-refractivity contribution >= 4 is 32.2 Å². The molecule has 0 bridgehead atoms. The molecule has 7 heteroatoms. The molecule has 3 aromatic heterocycles. The Bertz CT molecular complexity index is 780. The first-order valence-corrected chi connectivity index (χ1v) is 8.43. The van der Waals surface area contributed by atoms with Gasteiger partial charge in [-0.1, -0.05) is 0 Å². The average Bonchev–Trinajstić information content (AvgIpc) is 3.08. The number of ether oxygens (including phenoxy) is 1. The summed E-state index contributed by atoms with van der Waals surface area (Å²) in [6.45, 7) is 0.763. The van der Waals surface area contributed by atoms with Crippen molar-refractivity contribution in [1.82, 2.24) is 19.7 Å². The first kappa shape index (κ1) is 13.2. The predicted molar refractivity (Wildman–Crippen MR) is 84.9 cm³/mol. The van der Waals surface area contributed by atoms with E-state index >= 15 is 0 Å². The Labute approximate surface area is 134 Å². The van der Waals surface area contributed by atoms with Gasteiger partial charge in [0.1, 0.15) is 11.4 Å². The van der Waals surface area contributed by atoms with Crippen LogP contribution in [0, 0.1) is 0 Å². The van der Waals surface area contributed by atoms with E-state index < -0.39 is 0 Å². The Morgan fingerprint density at radius 3 is 3.14 bits per heavy atom. The van der Waals surface area contributed by atoms with Crippen LogP contribution in [0.15, 0.2) is 34.5 Å². The van der Waals surface area contributed by atoms with E-state index in [-0.39, 0.29) is 0 Å². The minimum Gasteiger partial charge on any atom is -0.436 e. The monoisotopic (exact) mass is 364 g/mol. The van der Waals surface area contributed by atoms with Gasteiger partial charge in [-0.05, 0) is 34.8 Å². The van der Waals surface area contributed by atoms with E-state index in [0.29, 0.717) is 17.7 Å².